The molecule has 0 spiro atoms. The summed E-state index contributed by atoms with van der Waals surface area (Å²) in [4.78, 5) is 12.1. The first-order chi connectivity index (χ1) is 12.6. The van der Waals surface area contributed by atoms with Crippen LogP contribution >= 0.6 is 34.8 Å². The minimum atomic E-state index is 0.538. The molecule has 4 aromatic rings. The van der Waals surface area contributed by atoms with Gasteiger partial charge in [0.05, 0.1) is 20.8 Å². The third-order valence-electron chi connectivity index (χ3n) is 3.98. The van der Waals surface area contributed by atoms with Crippen LogP contribution < -0.4 is 5.32 Å². The summed E-state index contributed by atoms with van der Waals surface area (Å²) in [5, 5.41) is 5.91. The van der Waals surface area contributed by atoms with Gasteiger partial charge in [0.2, 0.25) is 0 Å². The lowest BCUT2D eigenvalue weighted by Crippen LogP contribution is -2.01. The SMILES string of the molecule is Clc1cnc2[nH]cc(-c3cccc(NCc4ccc(Cl)c(Cl)c4)n3)c2c1. The number of halogens is 3. The van der Waals surface area contributed by atoms with Crippen LogP contribution in [0.25, 0.3) is 22.3 Å². The number of H-pyrrole nitrogens is 1. The molecule has 7 heteroatoms. The Kier molecular flexibility index (Phi) is 4.72. The van der Waals surface area contributed by atoms with E-state index in [1.807, 2.05) is 42.6 Å². The molecule has 0 aliphatic carbocycles. The van der Waals surface area contributed by atoms with Gasteiger partial charge in [0.1, 0.15) is 11.5 Å². The summed E-state index contributed by atoms with van der Waals surface area (Å²) < 4.78 is 0. The largest absolute Gasteiger partial charge is 0.366 e. The summed E-state index contributed by atoms with van der Waals surface area (Å²) in [6, 6.07) is 13.3. The van der Waals surface area contributed by atoms with Crippen LogP contribution in [0.5, 0.6) is 0 Å². The maximum atomic E-state index is 6.08. The number of aromatic nitrogens is 3. The third-order valence-corrected chi connectivity index (χ3v) is 4.93. The van der Waals surface area contributed by atoms with E-state index in [-0.39, 0.29) is 0 Å². The molecule has 0 atom stereocenters. The van der Waals surface area contributed by atoms with Crippen molar-refractivity contribution in [3.8, 4) is 11.3 Å². The molecule has 1 aromatic carbocycles. The monoisotopic (exact) mass is 402 g/mol. The number of rotatable bonds is 4. The highest BCUT2D eigenvalue weighted by Crippen LogP contribution is 2.29. The van der Waals surface area contributed by atoms with Gasteiger partial charge in [0.15, 0.2) is 0 Å². The molecule has 0 saturated heterocycles. The van der Waals surface area contributed by atoms with Gasteiger partial charge in [-0.3, -0.25) is 0 Å². The summed E-state index contributed by atoms with van der Waals surface area (Å²) in [5.74, 6) is 0.762. The number of hydrogen-bond acceptors (Lipinski definition) is 3. The number of pyridine rings is 2. The van der Waals surface area contributed by atoms with Crippen molar-refractivity contribution >= 4 is 51.7 Å². The van der Waals surface area contributed by atoms with E-state index in [0.717, 1.165) is 33.7 Å². The summed E-state index contributed by atoms with van der Waals surface area (Å²) in [6.45, 7) is 0.592. The van der Waals surface area contributed by atoms with Gasteiger partial charge in [-0.15, -0.1) is 0 Å². The van der Waals surface area contributed by atoms with Gasteiger partial charge in [0.25, 0.3) is 0 Å². The van der Waals surface area contributed by atoms with Crippen LogP contribution in [0, 0.1) is 0 Å². The Morgan fingerprint density at radius 2 is 1.88 bits per heavy atom. The van der Waals surface area contributed by atoms with E-state index < -0.39 is 0 Å². The zero-order valence-electron chi connectivity index (χ0n) is 13.4. The fourth-order valence-electron chi connectivity index (χ4n) is 2.72. The van der Waals surface area contributed by atoms with Gasteiger partial charge < -0.3 is 10.3 Å². The Hall–Kier alpha value is -2.27. The average molecular weight is 404 g/mol. The molecule has 26 heavy (non-hydrogen) atoms. The second-order valence-corrected chi connectivity index (χ2v) is 7.01. The van der Waals surface area contributed by atoms with E-state index >= 15 is 0 Å². The van der Waals surface area contributed by atoms with Crippen molar-refractivity contribution in [2.45, 2.75) is 6.54 Å². The molecule has 0 fully saturated rings. The molecule has 0 aliphatic heterocycles. The highest BCUT2D eigenvalue weighted by molar-refractivity contribution is 6.42. The Morgan fingerprint density at radius 1 is 1.00 bits per heavy atom. The van der Waals surface area contributed by atoms with Crippen molar-refractivity contribution < 1.29 is 0 Å². The van der Waals surface area contributed by atoms with E-state index in [1.165, 1.54) is 0 Å². The second-order valence-electron chi connectivity index (χ2n) is 5.76. The molecular formula is C19H13Cl3N4. The quantitative estimate of drug-likeness (QED) is 0.426. The van der Waals surface area contributed by atoms with Crippen LogP contribution in [0.2, 0.25) is 15.1 Å². The predicted octanol–water partition coefficient (Wildman–Crippen LogP) is 6.20. The molecule has 130 valence electrons. The smallest absolute Gasteiger partial charge is 0.138 e. The first kappa shape index (κ1) is 17.2. The third kappa shape index (κ3) is 3.49. The molecular weight excluding hydrogens is 391 g/mol. The van der Waals surface area contributed by atoms with E-state index in [9.17, 15) is 0 Å². The maximum Gasteiger partial charge on any atom is 0.138 e. The van der Waals surface area contributed by atoms with Gasteiger partial charge in [-0.05, 0) is 35.9 Å². The standard InChI is InChI=1S/C19H13Cl3N4/c20-12-7-13-14(10-25-19(13)24-9-12)17-2-1-3-18(26-17)23-8-11-4-5-15(21)16(22)6-11/h1-7,9-10H,8H2,(H,23,26)(H,24,25). The van der Waals surface area contributed by atoms with Crippen LogP contribution in [-0.2, 0) is 6.54 Å². The van der Waals surface area contributed by atoms with Crippen molar-refractivity contribution in [2.75, 3.05) is 5.32 Å². The van der Waals surface area contributed by atoms with Crippen molar-refractivity contribution in [1.82, 2.24) is 15.0 Å². The Labute approximate surface area is 165 Å². The summed E-state index contributed by atoms with van der Waals surface area (Å²) in [5.41, 5.74) is 3.59. The lowest BCUT2D eigenvalue weighted by Gasteiger charge is -2.08. The molecule has 0 saturated carbocycles. The van der Waals surface area contributed by atoms with Crippen molar-refractivity contribution in [1.29, 1.82) is 0 Å². The zero-order chi connectivity index (χ0) is 18.1. The zero-order valence-corrected chi connectivity index (χ0v) is 15.7. The summed E-state index contributed by atoms with van der Waals surface area (Å²) in [6.07, 6.45) is 3.51. The molecule has 0 aliphatic rings. The van der Waals surface area contributed by atoms with Crippen LogP contribution in [-0.4, -0.2) is 15.0 Å². The molecule has 0 radical (unpaired) electrons. The topological polar surface area (TPSA) is 53.6 Å². The van der Waals surface area contributed by atoms with Gasteiger partial charge in [-0.1, -0.05) is 46.9 Å². The van der Waals surface area contributed by atoms with Crippen LogP contribution in [0.1, 0.15) is 5.56 Å². The van der Waals surface area contributed by atoms with Gasteiger partial charge in [-0.25, -0.2) is 9.97 Å². The van der Waals surface area contributed by atoms with Crippen LogP contribution in [0.3, 0.4) is 0 Å². The van der Waals surface area contributed by atoms with Crippen LogP contribution in [0.4, 0.5) is 5.82 Å². The number of benzene rings is 1. The first-order valence-corrected chi connectivity index (χ1v) is 9.01. The normalized spacial score (nSPS) is 11.0. The highest BCUT2D eigenvalue weighted by Gasteiger charge is 2.09. The maximum absolute atomic E-state index is 6.08. The van der Waals surface area contributed by atoms with Crippen molar-refractivity contribution in [3.05, 3.63) is 75.5 Å². The lowest BCUT2D eigenvalue weighted by molar-refractivity contribution is 1.11. The lowest BCUT2D eigenvalue weighted by atomic mass is 10.1. The molecule has 0 bridgehead atoms. The van der Waals surface area contributed by atoms with Gasteiger partial charge in [-0.2, -0.15) is 0 Å². The van der Waals surface area contributed by atoms with Gasteiger partial charge in [0, 0.05) is 29.9 Å². The van der Waals surface area contributed by atoms with E-state index in [2.05, 4.69) is 20.3 Å². The van der Waals surface area contributed by atoms with Crippen LogP contribution in [0.15, 0.2) is 54.9 Å². The highest BCUT2D eigenvalue weighted by atomic mass is 35.5. The molecule has 3 heterocycles. The number of aromatic amines is 1. The number of hydrogen-bond donors (Lipinski definition) is 2. The first-order valence-electron chi connectivity index (χ1n) is 7.88. The molecule has 0 amide bonds. The van der Waals surface area contributed by atoms with Gasteiger partial charge >= 0.3 is 0 Å². The Balaban J connectivity index is 1.60. The van der Waals surface area contributed by atoms with E-state index in [1.54, 1.807) is 12.3 Å². The number of nitrogens with one attached hydrogen (secondary N) is 2. The minimum absolute atomic E-state index is 0.538. The van der Waals surface area contributed by atoms with Crippen molar-refractivity contribution in [2.24, 2.45) is 0 Å². The molecule has 4 rings (SSSR count). The summed E-state index contributed by atoms with van der Waals surface area (Å²) in [7, 11) is 0. The summed E-state index contributed by atoms with van der Waals surface area (Å²) >= 11 is 18.1. The minimum Gasteiger partial charge on any atom is -0.366 e. The average Bonchev–Trinajstić information content (AvgIpc) is 3.06. The predicted molar refractivity (Wildman–Crippen MR) is 108 cm³/mol. The number of fused-ring (bicyclic) bond motifs is 1. The molecule has 3 aromatic heterocycles. The van der Waals surface area contributed by atoms with E-state index in [0.29, 0.717) is 21.6 Å². The number of anilines is 1. The fraction of sp³-hybridized carbons (Fsp3) is 0.0526. The fourth-order valence-corrected chi connectivity index (χ4v) is 3.19. The molecule has 2 N–H and O–H groups in total. The Bertz CT molecular complexity index is 1090. The van der Waals surface area contributed by atoms with Crippen molar-refractivity contribution in [3.63, 3.8) is 0 Å². The second kappa shape index (κ2) is 7.16. The molecule has 0 unspecified atom stereocenters. The molecule has 4 nitrogen and oxygen atoms in total. The number of nitrogens with zero attached hydrogens (tertiary/aromatic N) is 2. The van der Waals surface area contributed by atoms with E-state index in [4.69, 9.17) is 34.8 Å². The Morgan fingerprint density at radius 3 is 2.73 bits per heavy atom.